The molecule has 138 valence electrons. The summed E-state index contributed by atoms with van der Waals surface area (Å²) in [6, 6.07) is 10.8. The number of ether oxygens (including phenoxy) is 1. The normalized spacial score (nSPS) is 11.5. The van der Waals surface area contributed by atoms with Gasteiger partial charge in [-0.3, -0.25) is 14.6 Å². The van der Waals surface area contributed by atoms with Crippen LogP contribution in [0.25, 0.3) is 0 Å². The molecule has 2 aromatic rings. The van der Waals surface area contributed by atoms with Crippen LogP contribution in [0.2, 0.25) is 0 Å². The summed E-state index contributed by atoms with van der Waals surface area (Å²) in [4.78, 5) is 30.6. The summed E-state index contributed by atoms with van der Waals surface area (Å²) in [5.41, 5.74) is 1.52. The minimum Gasteiger partial charge on any atom is -0.492 e. The summed E-state index contributed by atoms with van der Waals surface area (Å²) >= 11 is 0. The molecule has 0 saturated heterocycles. The molecular weight excluding hydrogens is 330 g/mol. The van der Waals surface area contributed by atoms with Crippen molar-refractivity contribution in [1.82, 2.24) is 9.88 Å². The largest absolute Gasteiger partial charge is 0.492 e. The average molecular weight is 355 g/mol. The number of rotatable bonds is 8. The molecule has 0 radical (unpaired) electrons. The van der Waals surface area contributed by atoms with Crippen LogP contribution in [0, 0.1) is 0 Å². The summed E-state index contributed by atoms with van der Waals surface area (Å²) in [7, 11) is 1.71. The van der Waals surface area contributed by atoms with Gasteiger partial charge >= 0.3 is 0 Å². The van der Waals surface area contributed by atoms with E-state index in [1.54, 1.807) is 36.5 Å². The first-order valence-electron chi connectivity index (χ1n) is 8.74. The molecule has 2 amide bonds. The van der Waals surface area contributed by atoms with Crippen molar-refractivity contribution in [2.75, 3.05) is 19.0 Å². The zero-order valence-corrected chi connectivity index (χ0v) is 15.4. The quantitative estimate of drug-likeness (QED) is 0.737. The molecule has 1 aromatic carbocycles. The number of carbonyl (C=O) groups excluding carboxylic acids is 2. The Morgan fingerprint density at radius 1 is 1.19 bits per heavy atom. The van der Waals surface area contributed by atoms with Crippen LogP contribution >= 0.6 is 0 Å². The molecule has 0 aliphatic rings. The number of pyridine rings is 1. The van der Waals surface area contributed by atoms with E-state index in [2.05, 4.69) is 10.3 Å². The molecule has 1 aromatic heterocycles. The van der Waals surface area contributed by atoms with Gasteiger partial charge in [0.05, 0.1) is 18.3 Å². The lowest BCUT2D eigenvalue weighted by atomic mass is 10.1. The lowest BCUT2D eigenvalue weighted by molar-refractivity contribution is -0.135. The standard InChI is InChI=1S/C20H25N3O3/c1-4-17(15-9-8-12-21-14-15)23(3)20(25)13-19(24)22-16-10-6-7-11-18(16)26-5-2/h6-12,14,17H,4-5,13H2,1-3H3,(H,22,24)/t17-/m0/s1. The highest BCUT2D eigenvalue weighted by Gasteiger charge is 2.22. The number of carbonyl (C=O) groups is 2. The Kier molecular flexibility index (Phi) is 7.14. The third-order valence-corrected chi connectivity index (χ3v) is 4.09. The molecule has 0 bridgehead atoms. The maximum absolute atomic E-state index is 12.5. The number of hydrogen-bond acceptors (Lipinski definition) is 4. The molecule has 0 fully saturated rings. The maximum atomic E-state index is 12.5. The smallest absolute Gasteiger partial charge is 0.233 e. The number of nitrogens with one attached hydrogen (secondary N) is 1. The SMILES string of the molecule is CCOc1ccccc1NC(=O)CC(=O)N(C)[C@@H](CC)c1cccnc1. The minimum atomic E-state index is -0.366. The Labute approximate surface area is 154 Å². The second-order valence-electron chi connectivity index (χ2n) is 5.87. The van der Waals surface area contributed by atoms with Crippen LogP contribution in [0.5, 0.6) is 5.75 Å². The predicted octanol–water partition coefficient (Wildman–Crippen LogP) is 3.42. The van der Waals surface area contributed by atoms with Gasteiger partial charge in [-0.25, -0.2) is 0 Å². The second kappa shape index (κ2) is 9.56. The zero-order valence-electron chi connectivity index (χ0n) is 15.4. The number of nitrogens with zero attached hydrogens (tertiary/aromatic N) is 2. The van der Waals surface area contributed by atoms with Gasteiger partial charge in [0.15, 0.2) is 0 Å². The lowest BCUT2D eigenvalue weighted by Gasteiger charge is -2.27. The molecular formula is C20H25N3O3. The summed E-state index contributed by atoms with van der Waals surface area (Å²) < 4.78 is 5.49. The molecule has 2 rings (SSSR count). The molecule has 0 spiro atoms. The van der Waals surface area contributed by atoms with Crippen molar-refractivity contribution in [3.63, 3.8) is 0 Å². The average Bonchev–Trinajstić information content (AvgIpc) is 2.65. The van der Waals surface area contributed by atoms with E-state index >= 15 is 0 Å². The van der Waals surface area contributed by atoms with Crippen molar-refractivity contribution in [2.24, 2.45) is 0 Å². The van der Waals surface area contributed by atoms with E-state index in [1.165, 1.54) is 0 Å². The van der Waals surface area contributed by atoms with Gasteiger partial charge in [-0.1, -0.05) is 25.1 Å². The van der Waals surface area contributed by atoms with Gasteiger partial charge in [-0.2, -0.15) is 0 Å². The summed E-state index contributed by atoms with van der Waals surface area (Å²) in [5.74, 6) is -0.0203. The molecule has 6 heteroatoms. The molecule has 1 heterocycles. The molecule has 0 aliphatic heterocycles. The van der Waals surface area contributed by atoms with Crippen molar-refractivity contribution in [1.29, 1.82) is 0 Å². The fourth-order valence-corrected chi connectivity index (χ4v) is 2.79. The molecule has 0 saturated carbocycles. The number of amides is 2. The maximum Gasteiger partial charge on any atom is 0.233 e. The van der Waals surface area contributed by atoms with Gasteiger partial charge < -0.3 is 15.0 Å². The van der Waals surface area contributed by atoms with E-state index in [-0.39, 0.29) is 24.3 Å². The Bertz CT molecular complexity index is 734. The second-order valence-corrected chi connectivity index (χ2v) is 5.87. The Balaban J connectivity index is 2.01. The number of anilines is 1. The highest BCUT2D eigenvalue weighted by molar-refractivity contribution is 6.04. The Hall–Kier alpha value is -2.89. The predicted molar refractivity (Wildman–Crippen MR) is 101 cm³/mol. The van der Waals surface area contributed by atoms with E-state index in [4.69, 9.17) is 4.74 Å². The van der Waals surface area contributed by atoms with Crippen molar-refractivity contribution < 1.29 is 14.3 Å². The Morgan fingerprint density at radius 2 is 1.96 bits per heavy atom. The van der Waals surface area contributed by atoms with Gasteiger partial charge in [0.2, 0.25) is 11.8 Å². The molecule has 6 nitrogen and oxygen atoms in total. The van der Waals surface area contributed by atoms with Gasteiger partial charge in [0.1, 0.15) is 12.2 Å². The first-order chi connectivity index (χ1) is 12.6. The van der Waals surface area contributed by atoms with Crippen molar-refractivity contribution in [3.05, 3.63) is 54.4 Å². The highest BCUT2D eigenvalue weighted by atomic mass is 16.5. The van der Waals surface area contributed by atoms with E-state index < -0.39 is 0 Å². The zero-order chi connectivity index (χ0) is 18.9. The van der Waals surface area contributed by atoms with Crippen LogP contribution in [-0.2, 0) is 9.59 Å². The third kappa shape index (κ3) is 5.05. The van der Waals surface area contributed by atoms with Gasteiger partial charge in [-0.15, -0.1) is 0 Å². The van der Waals surface area contributed by atoms with Gasteiger partial charge in [0.25, 0.3) is 0 Å². The number of aromatic nitrogens is 1. The highest BCUT2D eigenvalue weighted by Crippen LogP contribution is 2.25. The van der Waals surface area contributed by atoms with E-state index in [9.17, 15) is 9.59 Å². The van der Waals surface area contributed by atoms with Crippen LogP contribution in [-0.4, -0.2) is 35.4 Å². The van der Waals surface area contributed by atoms with Crippen LogP contribution < -0.4 is 10.1 Å². The Morgan fingerprint density at radius 3 is 2.62 bits per heavy atom. The summed E-state index contributed by atoms with van der Waals surface area (Å²) in [6.45, 7) is 4.37. The van der Waals surface area contributed by atoms with Gasteiger partial charge in [-0.05, 0) is 37.1 Å². The minimum absolute atomic E-state index is 0.111. The monoisotopic (exact) mass is 355 g/mol. The fraction of sp³-hybridized carbons (Fsp3) is 0.350. The summed E-state index contributed by atoms with van der Waals surface area (Å²) in [6.07, 6.45) is 3.95. The van der Waals surface area contributed by atoms with E-state index in [0.717, 1.165) is 12.0 Å². The topological polar surface area (TPSA) is 71.5 Å². The first-order valence-corrected chi connectivity index (χ1v) is 8.74. The van der Waals surface area contributed by atoms with Gasteiger partial charge in [0, 0.05) is 19.4 Å². The number of benzene rings is 1. The fourth-order valence-electron chi connectivity index (χ4n) is 2.79. The molecule has 1 atom stereocenters. The third-order valence-electron chi connectivity index (χ3n) is 4.09. The molecule has 26 heavy (non-hydrogen) atoms. The van der Waals surface area contributed by atoms with E-state index in [1.807, 2.05) is 38.1 Å². The van der Waals surface area contributed by atoms with Crippen LogP contribution in [0.3, 0.4) is 0 Å². The van der Waals surface area contributed by atoms with Crippen molar-refractivity contribution in [2.45, 2.75) is 32.7 Å². The molecule has 0 aliphatic carbocycles. The van der Waals surface area contributed by atoms with Crippen molar-refractivity contribution in [3.8, 4) is 5.75 Å². The summed E-state index contributed by atoms with van der Waals surface area (Å²) in [5, 5.41) is 2.75. The van der Waals surface area contributed by atoms with E-state index in [0.29, 0.717) is 18.0 Å². The lowest BCUT2D eigenvalue weighted by Crippen LogP contribution is -2.33. The number of para-hydroxylation sites is 2. The number of hydrogen-bond donors (Lipinski definition) is 1. The van der Waals surface area contributed by atoms with Crippen LogP contribution in [0.1, 0.15) is 38.3 Å². The van der Waals surface area contributed by atoms with Crippen LogP contribution in [0.15, 0.2) is 48.8 Å². The molecule has 1 N–H and O–H groups in total. The van der Waals surface area contributed by atoms with Crippen molar-refractivity contribution >= 4 is 17.5 Å². The molecule has 0 unspecified atom stereocenters. The van der Waals surface area contributed by atoms with Crippen LogP contribution in [0.4, 0.5) is 5.69 Å². The first kappa shape index (κ1) is 19.4.